The number of nitrogens with zero attached hydrogens (tertiary/aromatic N) is 1. The number of benzene rings is 1. The molecule has 100 valence electrons. The summed E-state index contributed by atoms with van der Waals surface area (Å²) in [5, 5.41) is 1.71. The maximum atomic E-state index is 6.15. The summed E-state index contributed by atoms with van der Waals surface area (Å²) in [7, 11) is 2.22. The van der Waals surface area contributed by atoms with Crippen LogP contribution in [0.3, 0.4) is 0 Å². The van der Waals surface area contributed by atoms with E-state index in [0.717, 1.165) is 10.4 Å². The molecule has 1 aromatic rings. The molecule has 3 heteroatoms. The van der Waals surface area contributed by atoms with Crippen molar-refractivity contribution in [3.8, 4) is 0 Å². The van der Waals surface area contributed by atoms with E-state index in [1.807, 2.05) is 6.07 Å². The molecule has 0 saturated heterocycles. The van der Waals surface area contributed by atoms with Crippen molar-refractivity contribution >= 4 is 33.2 Å². The summed E-state index contributed by atoms with van der Waals surface area (Å²) in [6.07, 6.45) is 8.13. The lowest BCUT2D eigenvalue weighted by Crippen LogP contribution is -2.31. The number of alkyl halides is 1. The monoisotopic (exact) mass is 329 g/mol. The van der Waals surface area contributed by atoms with E-state index in [9.17, 15) is 0 Å². The Bertz CT molecular complexity index is 386. The van der Waals surface area contributed by atoms with Gasteiger partial charge in [0.1, 0.15) is 0 Å². The molecule has 0 aromatic heterocycles. The Hall–Kier alpha value is -0.210. The first-order valence-corrected chi connectivity index (χ1v) is 8.29. The molecular weight excluding hydrogens is 310 g/mol. The van der Waals surface area contributed by atoms with E-state index in [2.05, 4.69) is 40.0 Å². The maximum absolute atomic E-state index is 6.15. The van der Waals surface area contributed by atoms with Crippen LogP contribution in [-0.4, -0.2) is 13.1 Å². The molecule has 0 N–H and O–H groups in total. The lowest BCUT2D eigenvalue weighted by Gasteiger charge is -2.31. The molecule has 1 aliphatic rings. The molecule has 18 heavy (non-hydrogen) atoms. The molecule has 1 saturated carbocycles. The van der Waals surface area contributed by atoms with Gasteiger partial charge in [-0.2, -0.15) is 0 Å². The van der Waals surface area contributed by atoms with Gasteiger partial charge in [0.2, 0.25) is 0 Å². The van der Waals surface area contributed by atoms with Gasteiger partial charge in [0.05, 0.1) is 0 Å². The van der Waals surface area contributed by atoms with E-state index in [1.54, 1.807) is 0 Å². The quantitative estimate of drug-likeness (QED) is 0.530. The highest BCUT2D eigenvalue weighted by molar-refractivity contribution is 9.08. The van der Waals surface area contributed by atoms with Crippen LogP contribution in [0.4, 0.5) is 5.69 Å². The molecule has 0 aliphatic heterocycles. The molecule has 0 amide bonds. The minimum absolute atomic E-state index is 0.670. The van der Waals surface area contributed by atoms with Crippen molar-refractivity contribution in [1.29, 1.82) is 0 Å². The van der Waals surface area contributed by atoms with Crippen molar-refractivity contribution < 1.29 is 0 Å². The number of hydrogen-bond donors (Lipinski definition) is 0. The summed E-state index contributed by atoms with van der Waals surface area (Å²) in [6.45, 7) is 0. The fraction of sp³-hybridized carbons (Fsp3) is 0.600. The zero-order valence-corrected chi connectivity index (χ0v) is 13.3. The van der Waals surface area contributed by atoms with E-state index in [0.29, 0.717) is 6.04 Å². The predicted molar refractivity (Wildman–Crippen MR) is 84.0 cm³/mol. The van der Waals surface area contributed by atoms with Crippen LogP contribution in [0, 0.1) is 0 Å². The molecule has 1 fully saturated rings. The minimum atomic E-state index is 0.670. The van der Waals surface area contributed by atoms with Crippen LogP contribution >= 0.6 is 27.5 Å². The Morgan fingerprint density at radius 3 is 2.50 bits per heavy atom. The second-order valence-electron chi connectivity index (χ2n) is 5.16. The first-order valence-electron chi connectivity index (χ1n) is 6.79. The molecule has 0 radical (unpaired) electrons. The summed E-state index contributed by atoms with van der Waals surface area (Å²) in [5.41, 5.74) is 2.61. The van der Waals surface area contributed by atoms with Crippen molar-refractivity contribution in [2.75, 3.05) is 11.9 Å². The fourth-order valence-electron chi connectivity index (χ4n) is 2.82. The van der Waals surface area contributed by atoms with Gasteiger partial charge in [-0.15, -0.1) is 0 Å². The summed E-state index contributed by atoms with van der Waals surface area (Å²) in [6, 6.07) is 6.87. The highest BCUT2D eigenvalue weighted by atomic mass is 79.9. The molecule has 0 spiro atoms. The largest absolute Gasteiger partial charge is 0.371 e. The lowest BCUT2D eigenvalue weighted by atomic mass is 10.1. The Balaban J connectivity index is 2.20. The van der Waals surface area contributed by atoms with Gasteiger partial charge in [0, 0.05) is 29.1 Å². The van der Waals surface area contributed by atoms with Crippen LogP contribution in [0.5, 0.6) is 0 Å². The topological polar surface area (TPSA) is 3.24 Å². The van der Waals surface area contributed by atoms with Gasteiger partial charge in [0.25, 0.3) is 0 Å². The van der Waals surface area contributed by atoms with Crippen molar-refractivity contribution in [3.05, 3.63) is 28.8 Å². The van der Waals surface area contributed by atoms with Crippen molar-refractivity contribution in [3.63, 3.8) is 0 Å². The molecule has 1 aliphatic carbocycles. The normalized spacial score (nSPS) is 17.5. The van der Waals surface area contributed by atoms with Gasteiger partial charge in [-0.1, -0.05) is 59.3 Å². The number of anilines is 1. The van der Waals surface area contributed by atoms with E-state index in [4.69, 9.17) is 11.6 Å². The molecule has 0 heterocycles. The molecule has 1 aromatic carbocycles. The van der Waals surface area contributed by atoms with E-state index in [1.165, 1.54) is 49.8 Å². The first kappa shape index (κ1) is 14.2. The van der Waals surface area contributed by atoms with Crippen molar-refractivity contribution in [1.82, 2.24) is 0 Å². The van der Waals surface area contributed by atoms with Gasteiger partial charge < -0.3 is 4.90 Å². The van der Waals surface area contributed by atoms with Crippen LogP contribution < -0.4 is 4.90 Å². The van der Waals surface area contributed by atoms with Crippen LogP contribution in [0.15, 0.2) is 18.2 Å². The third-order valence-electron chi connectivity index (χ3n) is 3.94. The summed E-state index contributed by atoms with van der Waals surface area (Å²) in [5.74, 6) is 0. The number of halogens is 2. The first-order chi connectivity index (χ1) is 8.72. The zero-order valence-electron chi connectivity index (χ0n) is 11.0. The molecule has 1 nitrogen and oxygen atoms in total. The molecule has 0 unspecified atom stereocenters. The van der Waals surface area contributed by atoms with Gasteiger partial charge in [0.15, 0.2) is 0 Å². The smallest absolute Gasteiger partial charge is 0.0426 e. The Labute approximate surface area is 124 Å². The molecule has 0 atom stereocenters. The van der Waals surface area contributed by atoms with Crippen LogP contribution in [0.25, 0.3) is 0 Å². The predicted octanol–water partition coefficient (Wildman–Crippen LogP) is 5.39. The molecule has 0 bridgehead atoms. The standard InChI is InChI=1S/C15H21BrClN/c1-18(14-6-4-2-3-5-7-14)15-10-13(17)9-8-12(15)11-16/h8-10,14H,2-7,11H2,1H3. The van der Waals surface area contributed by atoms with Gasteiger partial charge in [-0.3, -0.25) is 0 Å². The SMILES string of the molecule is CN(c1cc(Cl)ccc1CBr)C1CCCCCC1. The Morgan fingerprint density at radius 2 is 1.89 bits per heavy atom. The number of rotatable bonds is 3. The average Bonchev–Trinajstić information content (AvgIpc) is 2.66. The van der Waals surface area contributed by atoms with E-state index >= 15 is 0 Å². The Morgan fingerprint density at radius 1 is 1.22 bits per heavy atom. The highest BCUT2D eigenvalue weighted by Gasteiger charge is 2.19. The maximum Gasteiger partial charge on any atom is 0.0426 e. The van der Waals surface area contributed by atoms with Gasteiger partial charge in [-0.05, 0) is 30.5 Å². The van der Waals surface area contributed by atoms with Crippen LogP contribution in [0.1, 0.15) is 44.1 Å². The van der Waals surface area contributed by atoms with Crippen LogP contribution in [0.2, 0.25) is 5.02 Å². The van der Waals surface area contributed by atoms with Crippen molar-refractivity contribution in [2.24, 2.45) is 0 Å². The summed E-state index contributed by atoms with van der Waals surface area (Å²) >= 11 is 9.72. The van der Waals surface area contributed by atoms with Gasteiger partial charge in [-0.25, -0.2) is 0 Å². The lowest BCUT2D eigenvalue weighted by molar-refractivity contribution is 0.552. The second kappa shape index (κ2) is 6.81. The fourth-order valence-corrected chi connectivity index (χ4v) is 3.46. The highest BCUT2D eigenvalue weighted by Crippen LogP contribution is 2.31. The Kier molecular flexibility index (Phi) is 5.38. The summed E-state index contributed by atoms with van der Waals surface area (Å²) in [4.78, 5) is 2.44. The number of hydrogen-bond acceptors (Lipinski definition) is 1. The third-order valence-corrected chi connectivity index (χ3v) is 4.78. The van der Waals surface area contributed by atoms with Crippen molar-refractivity contribution in [2.45, 2.75) is 49.9 Å². The average molecular weight is 331 g/mol. The molecular formula is C15H21BrClN. The van der Waals surface area contributed by atoms with Gasteiger partial charge >= 0.3 is 0 Å². The second-order valence-corrected chi connectivity index (χ2v) is 6.16. The van der Waals surface area contributed by atoms with Crippen LogP contribution in [-0.2, 0) is 5.33 Å². The minimum Gasteiger partial charge on any atom is -0.371 e. The zero-order chi connectivity index (χ0) is 13.0. The summed E-state index contributed by atoms with van der Waals surface area (Å²) < 4.78 is 0. The van der Waals surface area contributed by atoms with E-state index < -0.39 is 0 Å². The molecule has 2 rings (SSSR count). The van der Waals surface area contributed by atoms with E-state index in [-0.39, 0.29) is 0 Å². The third kappa shape index (κ3) is 3.42.